The molecule has 2 saturated heterocycles. The molecule has 3 aliphatic heterocycles. The van der Waals surface area contributed by atoms with Gasteiger partial charge >= 0.3 is 0 Å². The summed E-state index contributed by atoms with van der Waals surface area (Å²) in [6, 6.07) is 6.12. The fourth-order valence-electron chi connectivity index (χ4n) is 3.93. The number of carbonyl (C=O) groups is 1. The lowest BCUT2D eigenvalue weighted by Crippen LogP contribution is -2.69. The van der Waals surface area contributed by atoms with Crippen molar-refractivity contribution in [2.75, 3.05) is 20.1 Å². The molecule has 3 unspecified atom stereocenters. The normalized spacial score (nSPS) is 35.6. The lowest BCUT2D eigenvalue weighted by molar-refractivity contribution is -0.152. The van der Waals surface area contributed by atoms with Gasteiger partial charge in [0.2, 0.25) is 5.91 Å². The topological polar surface area (TPSA) is 41.6 Å². The maximum Gasteiger partial charge on any atom is 0.223 e. The van der Waals surface area contributed by atoms with E-state index < -0.39 is 5.72 Å². The van der Waals surface area contributed by atoms with Gasteiger partial charge in [-0.1, -0.05) is 15.9 Å². The molecule has 0 saturated carbocycles. The monoisotopic (exact) mass is 336 g/mol. The van der Waals surface area contributed by atoms with Crippen molar-refractivity contribution in [3.8, 4) is 5.75 Å². The first-order valence-electron chi connectivity index (χ1n) is 7.05. The molecule has 0 radical (unpaired) electrons. The zero-order chi connectivity index (χ0) is 13.9. The van der Waals surface area contributed by atoms with E-state index in [2.05, 4.69) is 39.3 Å². The van der Waals surface area contributed by atoms with Gasteiger partial charge in [-0.05, 0) is 30.8 Å². The third-order valence-corrected chi connectivity index (χ3v) is 5.37. The van der Waals surface area contributed by atoms with Crippen LogP contribution in [0.4, 0.5) is 0 Å². The van der Waals surface area contributed by atoms with Crippen LogP contribution >= 0.6 is 15.9 Å². The molecule has 3 atom stereocenters. The van der Waals surface area contributed by atoms with Crippen molar-refractivity contribution in [1.82, 2.24) is 10.2 Å². The van der Waals surface area contributed by atoms with Crippen LogP contribution in [0.25, 0.3) is 0 Å². The number of halogens is 1. The van der Waals surface area contributed by atoms with Crippen LogP contribution in [0, 0.1) is 5.92 Å². The Morgan fingerprint density at radius 1 is 1.50 bits per heavy atom. The number of piperidine rings is 2. The number of nitrogens with zero attached hydrogens (tertiary/aromatic N) is 1. The van der Waals surface area contributed by atoms with Crippen molar-refractivity contribution in [3.63, 3.8) is 0 Å². The summed E-state index contributed by atoms with van der Waals surface area (Å²) in [5, 5.41) is 3.14. The molecule has 5 heteroatoms. The molecular formula is C15H17BrN2O2. The van der Waals surface area contributed by atoms with Gasteiger partial charge in [0.25, 0.3) is 0 Å². The Kier molecular flexibility index (Phi) is 2.67. The van der Waals surface area contributed by atoms with Gasteiger partial charge in [-0.15, -0.1) is 0 Å². The van der Waals surface area contributed by atoms with Crippen LogP contribution < -0.4 is 10.1 Å². The predicted molar refractivity (Wildman–Crippen MR) is 78.6 cm³/mol. The number of carbonyl (C=O) groups excluding carboxylic acids is 1. The summed E-state index contributed by atoms with van der Waals surface area (Å²) in [5.74, 6) is 1.63. The fraction of sp³-hybridized carbons (Fsp3) is 0.533. The number of hydrogen-bond donors (Lipinski definition) is 1. The maximum absolute atomic E-state index is 12.1. The highest BCUT2D eigenvalue weighted by Gasteiger charge is 2.56. The quantitative estimate of drug-likeness (QED) is 0.788. The maximum atomic E-state index is 12.1. The van der Waals surface area contributed by atoms with Gasteiger partial charge in [0.15, 0.2) is 5.72 Å². The second-order valence-electron chi connectivity index (χ2n) is 6.15. The van der Waals surface area contributed by atoms with Gasteiger partial charge in [0, 0.05) is 42.2 Å². The average Bonchev–Trinajstić information content (AvgIpc) is 2.40. The first kappa shape index (κ1) is 12.7. The van der Waals surface area contributed by atoms with Gasteiger partial charge in [-0.25, -0.2) is 0 Å². The SMILES string of the molecule is CN1CCC23NC(=O)CC(c4cc(Br)ccc4O2)C3C1. The summed E-state index contributed by atoms with van der Waals surface area (Å²) in [6.45, 7) is 1.92. The van der Waals surface area contributed by atoms with Crippen LogP contribution in [-0.2, 0) is 4.79 Å². The van der Waals surface area contributed by atoms with Crippen LogP contribution in [0.3, 0.4) is 0 Å². The van der Waals surface area contributed by atoms with Gasteiger partial charge in [-0.2, -0.15) is 0 Å². The minimum atomic E-state index is -0.493. The van der Waals surface area contributed by atoms with Gasteiger partial charge in [0.05, 0.1) is 0 Å². The minimum absolute atomic E-state index is 0.112. The van der Waals surface area contributed by atoms with E-state index in [9.17, 15) is 4.79 Å². The van der Waals surface area contributed by atoms with E-state index in [-0.39, 0.29) is 11.8 Å². The highest BCUT2D eigenvalue weighted by molar-refractivity contribution is 9.10. The number of benzene rings is 1. The number of ether oxygens (including phenoxy) is 1. The predicted octanol–water partition coefficient (Wildman–Crippen LogP) is 2.09. The standard InChI is InChI=1S/C15H17BrN2O2/c1-18-5-4-15-12(8-18)10(7-14(19)17-15)11-6-9(16)2-3-13(11)20-15/h2-3,6,10,12H,4-5,7-8H2,1H3,(H,17,19). The summed E-state index contributed by atoms with van der Waals surface area (Å²) < 4.78 is 7.33. The van der Waals surface area contributed by atoms with Crippen molar-refractivity contribution in [2.24, 2.45) is 5.92 Å². The Bertz CT molecular complexity index is 591. The molecule has 3 heterocycles. The molecule has 3 aliphatic rings. The molecule has 1 amide bonds. The third-order valence-electron chi connectivity index (χ3n) is 4.88. The molecule has 4 nitrogen and oxygen atoms in total. The van der Waals surface area contributed by atoms with E-state index in [0.717, 1.165) is 29.7 Å². The number of likely N-dealkylation sites (tertiary alicyclic amines) is 1. The smallest absolute Gasteiger partial charge is 0.223 e. The van der Waals surface area contributed by atoms with E-state index in [1.165, 1.54) is 5.56 Å². The summed E-state index contributed by atoms with van der Waals surface area (Å²) in [6.07, 6.45) is 1.42. The third kappa shape index (κ3) is 1.72. The molecule has 0 aromatic heterocycles. The minimum Gasteiger partial charge on any atom is -0.467 e. The summed E-state index contributed by atoms with van der Waals surface area (Å²) >= 11 is 3.53. The van der Waals surface area contributed by atoms with Crippen LogP contribution in [-0.4, -0.2) is 36.7 Å². The van der Waals surface area contributed by atoms with Gasteiger partial charge in [0.1, 0.15) is 5.75 Å². The van der Waals surface area contributed by atoms with Crippen LogP contribution in [0.15, 0.2) is 22.7 Å². The molecule has 1 aromatic rings. The Morgan fingerprint density at radius 3 is 3.20 bits per heavy atom. The van der Waals surface area contributed by atoms with Crippen LogP contribution in [0.1, 0.15) is 24.3 Å². The zero-order valence-electron chi connectivity index (χ0n) is 11.4. The number of fused-ring (bicyclic) bond motifs is 2. The first-order chi connectivity index (χ1) is 9.57. The Labute approximate surface area is 126 Å². The second-order valence-corrected chi connectivity index (χ2v) is 7.07. The first-order valence-corrected chi connectivity index (χ1v) is 7.85. The van der Waals surface area contributed by atoms with Gasteiger partial charge in [-0.3, -0.25) is 4.79 Å². The molecular weight excluding hydrogens is 320 g/mol. The van der Waals surface area contributed by atoms with E-state index in [1.54, 1.807) is 0 Å². The van der Waals surface area contributed by atoms with E-state index in [1.807, 2.05) is 12.1 Å². The molecule has 4 rings (SSSR count). The summed E-state index contributed by atoms with van der Waals surface area (Å²) in [4.78, 5) is 14.4. The molecule has 1 aromatic carbocycles. The number of rotatable bonds is 0. The molecule has 106 valence electrons. The lowest BCUT2D eigenvalue weighted by atomic mass is 9.69. The Hall–Kier alpha value is -1.07. The van der Waals surface area contributed by atoms with Crippen LogP contribution in [0.2, 0.25) is 0 Å². The van der Waals surface area contributed by atoms with Crippen molar-refractivity contribution in [3.05, 3.63) is 28.2 Å². The lowest BCUT2D eigenvalue weighted by Gasteiger charge is -2.55. The van der Waals surface area contributed by atoms with Crippen molar-refractivity contribution < 1.29 is 9.53 Å². The van der Waals surface area contributed by atoms with Crippen molar-refractivity contribution in [2.45, 2.75) is 24.5 Å². The number of amides is 1. The van der Waals surface area contributed by atoms with E-state index in [4.69, 9.17) is 4.74 Å². The fourth-order valence-corrected chi connectivity index (χ4v) is 4.31. The molecule has 20 heavy (non-hydrogen) atoms. The number of nitrogens with one attached hydrogen (secondary N) is 1. The highest BCUT2D eigenvalue weighted by atomic mass is 79.9. The van der Waals surface area contributed by atoms with Crippen LogP contribution in [0.5, 0.6) is 5.75 Å². The average molecular weight is 337 g/mol. The molecule has 0 aliphatic carbocycles. The van der Waals surface area contributed by atoms with E-state index >= 15 is 0 Å². The van der Waals surface area contributed by atoms with E-state index in [0.29, 0.717) is 12.3 Å². The van der Waals surface area contributed by atoms with Crippen molar-refractivity contribution >= 4 is 21.8 Å². The Balaban J connectivity index is 1.86. The largest absolute Gasteiger partial charge is 0.467 e. The highest BCUT2D eigenvalue weighted by Crippen LogP contribution is 2.51. The molecule has 0 spiro atoms. The Morgan fingerprint density at radius 2 is 2.35 bits per heavy atom. The number of hydrogen-bond acceptors (Lipinski definition) is 3. The summed E-state index contributed by atoms with van der Waals surface area (Å²) in [5.41, 5.74) is 0.679. The zero-order valence-corrected chi connectivity index (χ0v) is 12.9. The summed E-state index contributed by atoms with van der Waals surface area (Å²) in [7, 11) is 2.14. The second kappa shape index (κ2) is 4.21. The molecule has 2 fully saturated rings. The molecule has 1 N–H and O–H groups in total. The van der Waals surface area contributed by atoms with Gasteiger partial charge < -0.3 is 15.0 Å². The van der Waals surface area contributed by atoms with Crippen molar-refractivity contribution in [1.29, 1.82) is 0 Å². The molecule has 2 bridgehead atoms.